The van der Waals surface area contributed by atoms with Crippen LogP contribution in [-0.4, -0.2) is 51.4 Å². The molecule has 0 heterocycles. The quantitative estimate of drug-likeness (QED) is 0.495. The van der Waals surface area contributed by atoms with E-state index in [-0.39, 0.29) is 37.2 Å². The van der Waals surface area contributed by atoms with E-state index >= 15 is 0 Å². The second kappa shape index (κ2) is 11.6. The summed E-state index contributed by atoms with van der Waals surface area (Å²) in [6.45, 7) is 32.4. The molecule has 0 bridgehead atoms. The summed E-state index contributed by atoms with van der Waals surface area (Å²) < 4.78 is 1.76. The molecule has 30 heavy (non-hydrogen) atoms. The summed E-state index contributed by atoms with van der Waals surface area (Å²) in [6, 6.07) is 6.26. The van der Waals surface area contributed by atoms with Gasteiger partial charge in [0.25, 0.3) is 0 Å². The van der Waals surface area contributed by atoms with Crippen LogP contribution in [0.4, 0.5) is 0 Å². The van der Waals surface area contributed by atoms with Crippen LogP contribution in [0.25, 0.3) is 0 Å². The van der Waals surface area contributed by atoms with Crippen molar-refractivity contribution in [3.8, 4) is 0 Å². The van der Waals surface area contributed by atoms with Gasteiger partial charge in [0.05, 0.1) is 0 Å². The fourth-order valence-corrected chi connectivity index (χ4v) is 10.9. The molecule has 1 aromatic carbocycles. The molecular formula is C25H51GeNO2Si. The Kier molecular flexibility index (Phi) is 12.4. The molecule has 0 fully saturated rings. The van der Waals surface area contributed by atoms with Crippen molar-refractivity contribution in [2.24, 2.45) is 0 Å². The zero-order chi connectivity index (χ0) is 22.1. The van der Waals surface area contributed by atoms with Gasteiger partial charge in [0, 0.05) is 0 Å². The standard InChI is InChI=1S/C25H47GeNSi.2H2O/c1-18(2)27(19(3)4)16-20-14-21(24(5,6)7)15-22(25(8,9)10)23(20)26-17-28(11,12)13;;/h14-15,18-19H,16-17H2,1-13H3;2*1H2. The van der Waals surface area contributed by atoms with Crippen LogP contribution in [0.2, 0.25) is 24.5 Å². The van der Waals surface area contributed by atoms with Gasteiger partial charge in [-0.1, -0.05) is 0 Å². The molecule has 0 aliphatic heterocycles. The third-order valence-electron chi connectivity index (χ3n) is 5.37. The predicted molar refractivity (Wildman–Crippen MR) is 140 cm³/mol. The summed E-state index contributed by atoms with van der Waals surface area (Å²) >= 11 is -0.120. The maximum Gasteiger partial charge on any atom is -0.412 e. The smallest absolute Gasteiger partial charge is 0.412 e. The summed E-state index contributed by atoms with van der Waals surface area (Å²) in [5, 5.41) is 0. The maximum absolute atomic E-state index is 2.67. The molecule has 0 unspecified atom stereocenters. The van der Waals surface area contributed by atoms with Crippen LogP contribution < -0.4 is 4.40 Å². The van der Waals surface area contributed by atoms with Crippen molar-refractivity contribution in [2.75, 3.05) is 0 Å². The Bertz CT molecular complexity index is 645. The van der Waals surface area contributed by atoms with Crippen molar-refractivity contribution in [1.29, 1.82) is 0 Å². The van der Waals surface area contributed by atoms with E-state index in [9.17, 15) is 0 Å². The van der Waals surface area contributed by atoms with Crippen LogP contribution >= 0.6 is 0 Å². The predicted octanol–water partition coefficient (Wildman–Crippen LogP) is 4.88. The summed E-state index contributed by atoms with van der Waals surface area (Å²) in [5.74, 6) is 0. The second-order valence-electron chi connectivity index (χ2n) is 12.3. The van der Waals surface area contributed by atoms with Crippen molar-refractivity contribution in [2.45, 2.75) is 123 Å². The second-order valence-corrected chi connectivity index (χ2v) is 21.8. The zero-order valence-corrected chi connectivity index (χ0v) is 25.3. The first-order valence-electron chi connectivity index (χ1n) is 11.1. The monoisotopic (exact) mass is 499 g/mol. The van der Waals surface area contributed by atoms with Gasteiger partial charge in [-0.15, -0.1) is 0 Å². The molecule has 1 rings (SSSR count). The van der Waals surface area contributed by atoms with Crippen LogP contribution in [0.3, 0.4) is 0 Å². The van der Waals surface area contributed by atoms with Gasteiger partial charge in [-0.3, -0.25) is 0 Å². The molecule has 0 aromatic heterocycles. The number of nitrogens with zero attached hydrogens (tertiary/aromatic N) is 1. The van der Waals surface area contributed by atoms with E-state index in [1.54, 1.807) is 15.5 Å². The Hall–Kier alpha value is -0.140. The van der Waals surface area contributed by atoms with Crippen LogP contribution in [0.15, 0.2) is 12.1 Å². The molecule has 0 atom stereocenters. The Morgan fingerprint density at radius 3 is 1.63 bits per heavy atom. The number of rotatable bonds is 7. The van der Waals surface area contributed by atoms with Gasteiger partial charge in [0.15, 0.2) is 0 Å². The normalized spacial score (nSPS) is 12.9. The van der Waals surface area contributed by atoms with Crippen LogP contribution in [-0.2, 0) is 17.4 Å². The average Bonchev–Trinajstić information content (AvgIpc) is 2.46. The first-order chi connectivity index (χ1) is 12.4. The minimum absolute atomic E-state index is 0. The molecule has 0 amide bonds. The maximum atomic E-state index is 2.67. The summed E-state index contributed by atoms with van der Waals surface area (Å²) in [7, 11) is -1.04. The van der Waals surface area contributed by atoms with Crippen LogP contribution in [0.1, 0.15) is 85.9 Å². The molecule has 0 aliphatic rings. The molecular weight excluding hydrogens is 447 g/mol. The van der Waals surface area contributed by atoms with Crippen LogP contribution in [0, 0.1) is 0 Å². The molecule has 0 spiro atoms. The molecule has 0 aliphatic carbocycles. The largest absolute Gasteiger partial charge is 0.412 e. The number of hydrogen-bond acceptors (Lipinski definition) is 1. The molecule has 0 saturated heterocycles. The van der Waals surface area contributed by atoms with E-state index in [1.165, 1.54) is 10.4 Å². The van der Waals surface area contributed by atoms with Gasteiger partial charge in [-0.05, 0) is 0 Å². The van der Waals surface area contributed by atoms with Crippen molar-refractivity contribution < 1.29 is 11.0 Å². The van der Waals surface area contributed by atoms with E-state index in [0.717, 1.165) is 6.54 Å². The first kappa shape index (κ1) is 32.0. The van der Waals surface area contributed by atoms with E-state index < -0.39 is 8.07 Å². The fourth-order valence-electron chi connectivity index (χ4n) is 3.57. The van der Waals surface area contributed by atoms with E-state index in [4.69, 9.17) is 0 Å². The Balaban J connectivity index is 0. The number of hydrogen-bond donors (Lipinski definition) is 0. The third-order valence-corrected chi connectivity index (χ3v) is 16.4. The van der Waals surface area contributed by atoms with Gasteiger partial charge >= 0.3 is 185 Å². The topological polar surface area (TPSA) is 66.2 Å². The Morgan fingerprint density at radius 2 is 1.30 bits per heavy atom. The first-order valence-corrected chi connectivity index (χ1v) is 17.3. The summed E-state index contributed by atoms with van der Waals surface area (Å²) in [6.07, 6.45) is 0. The fraction of sp³-hybridized carbons (Fsp3) is 0.760. The zero-order valence-electron chi connectivity index (χ0n) is 22.2. The van der Waals surface area contributed by atoms with Crippen molar-refractivity contribution in [1.82, 2.24) is 4.90 Å². The Labute approximate surface area is 195 Å². The Morgan fingerprint density at radius 1 is 0.833 bits per heavy atom. The van der Waals surface area contributed by atoms with Gasteiger partial charge in [-0.2, -0.15) is 0 Å². The van der Waals surface area contributed by atoms with Gasteiger partial charge in [-0.25, -0.2) is 0 Å². The summed E-state index contributed by atoms with van der Waals surface area (Å²) in [5.41, 5.74) is 5.14. The molecule has 2 radical (unpaired) electrons. The molecule has 4 N–H and O–H groups in total. The molecule has 5 heteroatoms. The molecule has 0 saturated carbocycles. The van der Waals surface area contributed by atoms with Gasteiger partial charge in [0.1, 0.15) is 0 Å². The molecule has 176 valence electrons. The van der Waals surface area contributed by atoms with Gasteiger partial charge < -0.3 is 11.0 Å². The SMILES string of the molecule is CC(C)N(Cc1cc(C(C)(C)C)cc(C(C)(C)C)[c]1[Ge][CH2][Si](C)(C)C)C(C)C.O.O. The molecule has 3 nitrogen and oxygen atoms in total. The number of benzene rings is 1. The van der Waals surface area contributed by atoms with Crippen molar-refractivity contribution >= 4 is 27.9 Å². The van der Waals surface area contributed by atoms with Crippen LogP contribution in [0.5, 0.6) is 0 Å². The minimum atomic E-state index is -1.04. The van der Waals surface area contributed by atoms with Gasteiger partial charge in [0.2, 0.25) is 0 Å². The van der Waals surface area contributed by atoms with Crippen molar-refractivity contribution in [3.63, 3.8) is 0 Å². The van der Waals surface area contributed by atoms with E-state index in [1.807, 2.05) is 0 Å². The minimum Gasteiger partial charge on any atom is -0.412 e. The van der Waals surface area contributed by atoms with E-state index in [0.29, 0.717) is 12.1 Å². The van der Waals surface area contributed by atoms with Crippen molar-refractivity contribution in [3.05, 3.63) is 28.8 Å². The average molecular weight is 498 g/mol. The molecule has 1 aromatic rings. The third kappa shape index (κ3) is 9.56. The van der Waals surface area contributed by atoms with E-state index in [2.05, 4.69) is 106 Å². The summed E-state index contributed by atoms with van der Waals surface area (Å²) in [4.78, 5) is 4.15.